The molecule has 0 fully saturated rings. The number of hydrogen-bond donors (Lipinski definition) is 3. The van der Waals surface area contributed by atoms with Gasteiger partial charge in [-0.1, -0.05) is 96.8 Å². The van der Waals surface area contributed by atoms with Gasteiger partial charge in [-0.25, -0.2) is 0 Å². The first-order valence-electron chi connectivity index (χ1n) is 11.5. The van der Waals surface area contributed by atoms with E-state index in [1.54, 1.807) is 12.1 Å². The zero-order valence-corrected chi connectivity index (χ0v) is 18.0. The van der Waals surface area contributed by atoms with Crippen molar-refractivity contribution in [3.63, 3.8) is 0 Å². The van der Waals surface area contributed by atoms with E-state index in [9.17, 15) is 9.90 Å². The molecule has 28 heavy (non-hydrogen) atoms. The number of anilines is 2. The van der Waals surface area contributed by atoms with Crippen molar-refractivity contribution in [3.8, 4) is 5.75 Å². The molecular formula is C24H42N2O2. The van der Waals surface area contributed by atoms with Crippen LogP contribution in [0.1, 0.15) is 110 Å². The number of carbonyl (C=O) groups is 1. The molecule has 0 heterocycles. The minimum Gasteiger partial charge on any atom is -0.506 e. The second-order valence-electron chi connectivity index (χ2n) is 8.02. The topological polar surface area (TPSA) is 75.4 Å². The molecule has 0 radical (unpaired) electrons. The van der Waals surface area contributed by atoms with Crippen molar-refractivity contribution in [2.24, 2.45) is 0 Å². The standard InChI is InChI=1S/C24H42N2O2/c1-2-3-4-5-6-7-8-9-10-11-12-13-14-15-16-17-24(28)26-22-19-18-21(25)20-23(22)27/h18-20,27H,2-17,25H2,1H3,(H,26,28). The van der Waals surface area contributed by atoms with Gasteiger partial charge in [-0.05, 0) is 18.6 Å². The van der Waals surface area contributed by atoms with E-state index in [0.29, 0.717) is 17.8 Å². The van der Waals surface area contributed by atoms with Crippen LogP contribution >= 0.6 is 0 Å². The van der Waals surface area contributed by atoms with Crippen molar-refractivity contribution in [2.45, 2.75) is 110 Å². The molecule has 160 valence electrons. The van der Waals surface area contributed by atoms with Gasteiger partial charge in [-0.3, -0.25) is 4.79 Å². The summed E-state index contributed by atoms with van der Waals surface area (Å²) in [5.74, 6) is -0.0281. The molecule has 4 heteroatoms. The molecule has 0 aliphatic rings. The molecule has 0 saturated heterocycles. The number of unbranched alkanes of at least 4 members (excludes halogenated alkanes) is 14. The monoisotopic (exact) mass is 390 g/mol. The number of nitrogen functional groups attached to an aromatic ring is 1. The van der Waals surface area contributed by atoms with Gasteiger partial charge in [0.25, 0.3) is 0 Å². The van der Waals surface area contributed by atoms with Gasteiger partial charge in [-0.15, -0.1) is 0 Å². The van der Waals surface area contributed by atoms with Gasteiger partial charge >= 0.3 is 0 Å². The molecule has 1 aromatic carbocycles. The van der Waals surface area contributed by atoms with Gasteiger partial charge in [0.1, 0.15) is 5.75 Å². The number of rotatable bonds is 17. The Hall–Kier alpha value is -1.71. The first kappa shape index (κ1) is 24.3. The van der Waals surface area contributed by atoms with E-state index in [4.69, 9.17) is 5.73 Å². The van der Waals surface area contributed by atoms with E-state index in [0.717, 1.165) is 12.8 Å². The maximum Gasteiger partial charge on any atom is 0.224 e. The third-order valence-electron chi connectivity index (χ3n) is 5.30. The lowest BCUT2D eigenvalue weighted by molar-refractivity contribution is -0.116. The lowest BCUT2D eigenvalue weighted by atomic mass is 10.0. The third-order valence-corrected chi connectivity index (χ3v) is 5.30. The van der Waals surface area contributed by atoms with Crippen LogP contribution in [0.2, 0.25) is 0 Å². The second kappa shape index (κ2) is 16.3. The Morgan fingerprint density at radius 2 is 1.29 bits per heavy atom. The number of aromatic hydroxyl groups is 1. The summed E-state index contributed by atoms with van der Waals surface area (Å²) in [4.78, 5) is 11.9. The van der Waals surface area contributed by atoms with Gasteiger partial charge in [0, 0.05) is 18.2 Å². The fourth-order valence-corrected chi connectivity index (χ4v) is 3.52. The first-order valence-corrected chi connectivity index (χ1v) is 11.5. The highest BCUT2D eigenvalue weighted by atomic mass is 16.3. The van der Waals surface area contributed by atoms with Crippen LogP contribution in [0.5, 0.6) is 5.75 Å². The van der Waals surface area contributed by atoms with Gasteiger partial charge in [0.2, 0.25) is 5.91 Å². The average Bonchev–Trinajstić information content (AvgIpc) is 2.67. The van der Waals surface area contributed by atoms with Crippen LogP contribution < -0.4 is 11.1 Å². The van der Waals surface area contributed by atoms with Crippen molar-refractivity contribution in [2.75, 3.05) is 11.1 Å². The number of phenolic OH excluding ortho intramolecular Hbond substituents is 1. The van der Waals surface area contributed by atoms with E-state index in [-0.39, 0.29) is 11.7 Å². The summed E-state index contributed by atoms with van der Waals surface area (Å²) >= 11 is 0. The number of phenols is 1. The first-order chi connectivity index (χ1) is 13.6. The van der Waals surface area contributed by atoms with Crippen LogP contribution in [0, 0.1) is 0 Å². The zero-order chi connectivity index (χ0) is 20.5. The number of hydrogen-bond acceptors (Lipinski definition) is 3. The van der Waals surface area contributed by atoms with Gasteiger partial charge in [0.05, 0.1) is 5.69 Å². The summed E-state index contributed by atoms with van der Waals surface area (Å²) in [6.07, 6.45) is 20.3. The Bertz CT molecular complexity index is 531. The van der Waals surface area contributed by atoms with Crippen LogP contribution in [0.15, 0.2) is 18.2 Å². The quantitative estimate of drug-likeness (QED) is 0.150. The van der Waals surface area contributed by atoms with Crippen molar-refractivity contribution in [3.05, 3.63) is 18.2 Å². The molecule has 1 aromatic rings. The van der Waals surface area contributed by atoms with Crippen molar-refractivity contribution in [1.82, 2.24) is 0 Å². The summed E-state index contributed by atoms with van der Waals surface area (Å²) in [6.45, 7) is 2.27. The predicted octanol–water partition coefficient (Wildman–Crippen LogP) is 7.17. The summed E-state index contributed by atoms with van der Waals surface area (Å²) in [7, 11) is 0. The minimum atomic E-state index is -0.0465. The highest BCUT2D eigenvalue weighted by Gasteiger charge is 2.06. The van der Waals surface area contributed by atoms with Crippen molar-refractivity contribution >= 4 is 17.3 Å². The Labute approximate surface area is 172 Å². The molecular weight excluding hydrogens is 348 g/mol. The largest absolute Gasteiger partial charge is 0.506 e. The molecule has 0 saturated carbocycles. The number of amides is 1. The van der Waals surface area contributed by atoms with Crippen LogP contribution in [0.3, 0.4) is 0 Å². The van der Waals surface area contributed by atoms with E-state index >= 15 is 0 Å². The highest BCUT2D eigenvalue weighted by molar-refractivity contribution is 5.92. The van der Waals surface area contributed by atoms with E-state index in [2.05, 4.69) is 12.2 Å². The molecule has 0 aliphatic heterocycles. The molecule has 0 aromatic heterocycles. The predicted molar refractivity (Wildman–Crippen MR) is 121 cm³/mol. The van der Waals surface area contributed by atoms with E-state index < -0.39 is 0 Å². The Balaban J connectivity index is 1.86. The molecule has 4 nitrogen and oxygen atoms in total. The molecule has 0 atom stereocenters. The van der Waals surface area contributed by atoms with Crippen LogP contribution in [-0.2, 0) is 4.79 Å². The number of carbonyl (C=O) groups excluding carboxylic acids is 1. The summed E-state index contributed by atoms with van der Waals surface area (Å²) < 4.78 is 0. The van der Waals surface area contributed by atoms with Crippen molar-refractivity contribution in [1.29, 1.82) is 0 Å². The summed E-state index contributed by atoms with van der Waals surface area (Å²) in [6, 6.07) is 4.75. The molecule has 0 aliphatic carbocycles. The Morgan fingerprint density at radius 1 is 0.821 bits per heavy atom. The van der Waals surface area contributed by atoms with Crippen LogP contribution in [0.25, 0.3) is 0 Å². The highest BCUT2D eigenvalue weighted by Crippen LogP contribution is 2.25. The zero-order valence-electron chi connectivity index (χ0n) is 18.0. The molecule has 1 amide bonds. The summed E-state index contributed by atoms with van der Waals surface area (Å²) in [5.41, 5.74) is 6.50. The van der Waals surface area contributed by atoms with Gasteiger partial charge < -0.3 is 16.2 Å². The second-order valence-corrected chi connectivity index (χ2v) is 8.02. The molecule has 4 N–H and O–H groups in total. The van der Waals surface area contributed by atoms with Crippen LogP contribution in [0.4, 0.5) is 11.4 Å². The lowest BCUT2D eigenvalue weighted by Crippen LogP contribution is -2.11. The summed E-state index contributed by atoms with van der Waals surface area (Å²) in [5, 5.41) is 12.5. The number of benzene rings is 1. The maximum absolute atomic E-state index is 11.9. The van der Waals surface area contributed by atoms with Gasteiger partial charge in [-0.2, -0.15) is 0 Å². The number of nitrogens with two attached hydrogens (primary N) is 1. The molecule has 0 bridgehead atoms. The fourth-order valence-electron chi connectivity index (χ4n) is 3.52. The van der Waals surface area contributed by atoms with E-state index in [1.165, 1.54) is 89.5 Å². The van der Waals surface area contributed by atoms with Gasteiger partial charge in [0.15, 0.2) is 0 Å². The van der Waals surface area contributed by atoms with Crippen molar-refractivity contribution < 1.29 is 9.90 Å². The third kappa shape index (κ3) is 12.6. The number of nitrogens with one attached hydrogen (secondary N) is 1. The molecule has 0 unspecified atom stereocenters. The maximum atomic E-state index is 11.9. The smallest absolute Gasteiger partial charge is 0.224 e. The average molecular weight is 391 g/mol. The Morgan fingerprint density at radius 3 is 1.75 bits per heavy atom. The van der Waals surface area contributed by atoms with Crippen LogP contribution in [-0.4, -0.2) is 11.0 Å². The fraction of sp³-hybridized carbons (Fsp3) is 0.708. The lowest BCUT2D eigenvalue weighted by Gasteiger charge is -2.08. The normalized spacial score (nSPS) is 10.9. The Kier molecular flexibility index (Phi) is 14.1. The van der Waals surface area contributed by atoms with E-state index in [1.807, 2.05) is 0 Å². The minimum absolute atomic E-state index is 0.0184. The SMILES string of the molecule is CCCCCCCCCCCCCCCCCC(=O)Nc1ccc(N)cc1O. The molecule has 1 rings (SSSR count). The molecule has 0 spiro atoms.